The number of aliphatic hydroxyl groups excluding tert-OH is 1. The van der Waals surface area contributed by atoms with Crippen molar-refractivity contribution < 1.29 is 165 Å². The topological polar surface area (TPSA) is 524 Å². The van der Waals surface area contributed by atoms with Crippen molar-refractivity contribution in [3.8, 4) is 0 Å². The van der Waals surface area contributed by atoms with Crippen LogP contribution < -0.4 is 31.9 Å². The lowest BCUT2D eigenvalue weighted by Gasteiger charge is -2.50. The van der Waals surface area contributed by atoms with E-state index in [1.807, 2.05) is 0 Å². The molecule has 3 heterocycles. The van der Waals surface area contributed by atoms with E-state index in [1.54, 1.807) is 159 Å². The number of hydrogen-bond acceptors (Lipinski definition) is 35. The molecule has 20 atom stereocenters. The van der Waals surface area contributed by atoms with E-state index in [9.17, 15) is 71.1 Å². The molecule has 4 aliphatic rings. The fraction of sp³-hybridized carbons (Fsp3) is 0.443. The fourth-order valence-electron chi connectivity index (χ4n) is 14.3. The maximum Gasteiger partial charge on any atom is 0.407 e. The molecule has 41 nitrogen and oxygen atoms in total. The predicted octanol–water partition coefficient (Wildman–Crippen LogP) is 5.56. The monoisotopic (exact) mass is 1830 g/mol. The zero-order valence-corrected chi connectivity index (χ0v) is 72.6. The Kier molecular flexibility index (Phi) is 37.0. The molecule has 6 aromatic carbocycles. The number of hydrogen-bond donors (Lipinski definition) is 7. The average molecular weight is 1840 g/mol. The van der Waals surface area contributed by atoms with Crippen molar-refractivity contribution in [1.82, 2.24) is 31.9 Å². The van der Waals surface area contributed by atoms with Gasteiger partial charge in [0.2, 0.25) is 0 Å². The number of carbonyl (C=O) groups excluding carboxylic acids is 13. The second-order valence-corrected chi connectivity index (χ2v) is 31.7. The van der Waals surface area contributed by atoms with E-state index in [4.69, 9.17) is 89.4 Å². The van der Waals surface area contributed by atoms with E-state index >= 15 is 4.79 Å². The van der Waals surface area contributed by atoms with Crippen LogP contribution in [0.2, 0.25) is 0 Å². The summed E-state index contributed by atoms with van der Waals surface area (Å²) in [5, 5.41) is 28.0. The van der Waals surface area contributed by atoms with Crippen molar-refractivity contribution in [3.05, 3.63) is 209 Å². The highest BCUT2D eigenvalue weighted by molar-refractivity contribution is 7.86. The van der Waals surface area contributed by atoms with Gasteiger partial charge in [0.15, 0.2) is 55.5 Å². The molecule has 130 heavy (non-hydrogen) atoms. The van der Waals surface area contributed by atoms with Gasteiger partial charge in [-0.25, -0.2) is 24.0 Å². The summed E-state index contributed by atoms with van der Waals surface area (Å²) >= 11 is 0. The number of alkyl carbamates (subject to hydrolysis) is 5. The van der Waals surface area contributed by atoms with Gasteiger partial charge in [0.1, 0.15) is 94.5 Å². The highest BCUT2D eigenvalue weighted by Crippen LogP contribution is 2.40. The summed E-state index contributed by atoms with van der Waals surface area (Å²) in [7, 11) is -4.81. The third-order valence-corrected chi connectivity index (χ3v) is 21.4. The molecule has 7 N–H and O–H groups in total. The lowest BCUT2D eigenvalue weighted by atomic mass is 9.82. The third-order valence-electron chi connectivity index (χ3n) is 20.1. The Hall–Kier alpha value is -12.9. The van der Waals surface area contributed by atoms with Crippen LogP contribution >= 0.6 is 0 Å². The Balaban J connectivity index is 1.13. The molecule has 42 heteroatoms. The molecule has 6 aromatic rings. The number of benzene rings is 6. The SMILES string of the molecule is CC(=O)OC[C@H]1O[C@@H](O[C@@H]2[C@@H](OC(C)=O)[C@H](NC(=O)[C@H](CCNC(=O)OCc3ccccc3)OC(C)=O)C[C@H](NC(=O)OCc3ccccc3)[C@H]2O[C@H]2O[C@H](COS(=O)(=O)c3ccc(C)cc3)[C@@H](O)[C@H](OC(C)=O)[C@H]2NC(=O)OCc2ccccc2)[C@H](OC(C)=O)[C@@H]1O[C@H]1O[C@@H](CNC(=O)OCc2ccccc2)[C@@H](OC(C)=O)[C@H](OC(C)=O)[C@H]1NC(=O)OCc1ccccc1. The smallest absolute Gasteiger partial charge is 0.407 e. The maximum absolute atomic E-state index is 15.3. The van der Waals surface area contributed by atoms with Gasteiger partial charge in [0, 0.05) is 61.4 Å². The Bertz CT molecular complexity index is 4920. The Morgan fingerprint density at radius 2 is 0.769 bits per heavy atom. The second-order valence-electron chi connectivity index (χ2n) is 30.1. The molecule has 0 aromatic heterocycles. The molecule has 1 saturated carbocycles. The van der Waals surface area contributed by atoms with E-state index in [0.29, 0.717) is 33.4 Å². The molecule has 1 aliphatic carbocycles. The fourth-order valence-corrected chi connectivity index (χ4v) is 15.2. The molecular weight excluding hydrogens is 1730 g/mol. The molecular formula is C88H102N6O35S. The van der Waals surface area contributed by atoms with Crippen LogP contribution in [0.25, 0.3) is 0 Å². The van der Waals surface area contributed by atoms with E-state index in [1.165, 1.54) is 24.3 Å². The Morgan fingerprint density at radius 3 is 1.24 bits per heavy atom. The summed E-state index contributed by atoms with van der Waals surface area (Å²) in [5.74, 6) is -8.85. The molecule has 0 spiro atoms. The summed E-state index contributed by atoms with van der Waals surface area (Å²) in [6.45, 7) is 3.36. The predicted molar refractivity (Wildman–Crippen MR) is 442 cm³/mol. The summed E-state index contributed by atoms with van der Waals surface area (Å²) in [6, 6.07) is 39.2. The van der Waals surface area contributed by atoms with Crippen LogP contribution in [0.5, 0.6) is 0 Å². The van der Waals surface area contributed by atoms with E-state index in [-0.39, 0.29) is 18.1 Å². The normalized spacial score (nSPS) is 24.7. The third kappa shape index (κ3) is 30.4. The number of amides is 6. The first-order chi connectivity index (χ1) is 62.2. The van der Waals surface area contributed by atoms with Gasteiger partial charge in [-0.05, 0) is 53.3 Å². The summed E-state index contributed by atoms with van der Waals surface area (Å²) in [5.41, 5.74) is 3.17. The van der Waals surface area contributed by atoms with Gasteiger partial charge >= 0.3 is 72.3 Å². The van der Waals surface area contributed by atoms with Crippen LogP contribution in [0.3, 0.4) is 0 Å². The van der Waals surface area contributed by atoms with Gasteiger partial charge in [-0.15, -0.1) is 0 Å². The first kappa shape index (κ1) is 99.2. The molecule has 3 aliphatic heterocycles. The number of esters is 7. The van der Waals surface area contributed by atoms with Crippen LogP contribution in [-0.4, -0.2) is 240 Å². The van der Waals surface area contributed by atoms with Crippen molar-refractivity contribution >= 4 is 88.3 Å². The van der Waals surface area contributed by atoms with E-state index < -0.39 is 270 Å². The standard InChI is InChI=1S/C88H102N6O35S/c1-49-34-36-62(37-35-49)130(109,110)117-48-67-71(102)76(121-54(6)99)69(93-87(107)115-45-60-30-20-12-21-31-60)81(125-67)127-73-64(92-86(106)114-44-59-28-18-11-19-29-59)40-63(91-80(103)65(118-51(3)96)38-39-89-84(104)112-42-57-24-14-9-15-25-57)72(119-52(4)97)78(73)129-83-79(123-56(8)101)75(68(126-83)47-111-50(2)95)128-82-70(94-88(108)116-46-61-32-22-13-23-33-61)77(122-55(7)100)74(120-53(5)98)66(124-82)41-90-85(105)113-43-58-26-16-10-17-27-58/h9-37,63-79,81-83,102H,38-48H2,1-8H3,(H,89,104)(H,90,105)(H,91,103)(H,92,106)(H,93,107)(H,94,108)/t63-,64+,65+,66+,67-,68-,69-,70-,71-,72+,73-,74-,75-,76-,77-,78-,79-,81-,82-,83+/m1/s1. The lowest BCUT2D eigenvalue weighted by Crippen LogP contribution is -2.71. The van der Waals surface area contributed by atoms with Gasteiger partial charge in [-0.3, -0.25) is 42.5 Å². The summed E-state index contributed by atoms with van der Waals surface area (Å²) in [6.07, 6.45) is -40.6. The lowest BCUT2D eigenvalue weighted by molar-refractivity contribution is -0.315. The zero-order chi connectivity index (χ0) is 93.6. The minimum absolute atomic E-state index is 0.182. The van der Waals surface area contributed by atoms with E-state index in [0.717, 1.165) is 48.5 Å². The highest BCUT2D eigenvalue weighted by Gasteiger charge is 2.61. The molecule has 0 unspecified atom stereocenters. The van der Waals surface area contributed by atoms with Gasteiger partial charge in [0.05, 0.1) is 30.1 Å². The largest absolute Gasteiger partial charge is 0.463 e. The first-order valence-electron chi connectivity index (χ1n) is 41.1. The maximum atomic E-state index is 15.3. The Labute approximate surface area is 746 Å². The van der Waals surface area contributed by atoms with Gasteiger partial charge in [-0.1, -0.05) is 169 Å². The van der Waals surface area contributed by atoms with Gasteiger partial charge in [-0.2, -0.15) is 8.42 Å². The van der Waals surface area contributed by atoms with Crippen molar-refractivity contribution in [2.45, 2.75) is 229 Å². The van der Waals surface area contributed by atoms with Crippen molar-refractivity contribution in [1.29, 1.82) is 0 Å². The van der Waals surface area contributed by atoms with E-state index in [2.05, 4.69) is 31.9 Å². The molecule has 0 radical (unpaired) electrons. The highest BCUT2D eigenvalue weighted by atomic mass is 32.2. The molecule has 3 saturated heterocycles. The van der Waals surface area contributed by atoms with Crippen LogP contribution in [0.4, 0.5) is 24.0 Å². The van der Waals surface area contributed by atoms with Crippen molar-refractivity contribution in [2.24, 2.45) is 0 Å². The van der Waals surface area contributed by atoms with Crippen LogP contribution in [0, 0.1) is 6.92 Å². The minimum Gasteiger partial charge on any atom is -0.463 e. The average Bonchev–Trinajstić information content (AvgIpc) is 1.28. The molecule has 10 rings (SSSR count). The molecule has 700 valence electrons. The van der Waals surface area contributed by atoms with Crippen molar-refractivity contribution in [2.75, 3.05) is 26.3 Å². The number of rotatable bonds is 38. The number of aryl methyl sites for hydroxylation is 1. The molecule has 0 bridgehead atoms. The molecule has 6 amide bonds. The quantitative estimate of drug-likeness (QED) is 0.0142. The number of ether oxygens (including phenoxy) is 18. The minimum atomic E-state index is -4.81. The summed E-state index contributed by atoms with van der Waals surface area (Å²) in [4.78, 5) is 181. The second kappa shape index (κ2) is 48.5. The molecule has 4 fully saturated rings. The zero-order valence-electron chi connectivity index (χ0n) is 71.8. The van der Waals surface area contributed by atoms with Gasteiger partial charge < -0.3 is 122 Å². The Morgan fingerprint density at radius 1 is 0.377 bits per heavy atom. The number of nitrogens with one attached hydrogen (secondary N) is 6. The van der Waals surface area contributed by atoms with Crippen LogP contribution in [-0.2, 0) is 171 Å². The van der Waals surface area contributed by atoms with Gasteiger partial charge in [0.25, 0.3) is 16.0 Å². The first-order valence-corrected chi connectivity index (χ1v) is 42.5. The number of aliphatic hydroxyl groups is 1. The van der Waals surface area contributed by atoms with Crippen LogP contribution in [0.1, 0.15) is 94.7 Å². The van der Waals surface area contributed by atoms with Crippen LogP contribution in [0.15, 0.2) is 181 Å². The number of carbonyl (C=O) groups is 13. The summed E-state index contributed by atoms with van der Waals surface area (Å²) < 4.78 is 144. The van der Waals surface area contributed by atoms with Crippen molar-refractivity contribution in [3.63, 3.8) is 0 Å².